The van der Waals surface area contributed by atoms with E-state index in [0.717, 1.165) is 16.5 Å². The van der Waals surface area contributed by atoms with Crippen LogP contribution in [0.3, 0.4) is 0 Å². The number of nitrogens with zero attached hydrogens (tertiary/aromatic N) is 1. The number of nitrogens with one attached hydrogen (secondary N) is 3. The summed E-state index contributed by atoms with van der Waals surface area (Å²) in [5.74, 6) is -0.819. The van der Waals surface area contributed by atoms with E-state index in [2.05, 4.69) is 20.6 Å². The number of hydrogen-bond donors (Lipinski definition) is 3. The lowest BCUT2D eigenvalue weighted by Gasteiger charge is -2.22. The van der Waals surface area contributed by atoms with E-state index < -0.39 is 29.9 Å². The van der Waals surface area contributed by atoms with Gasteiger partial charge in [0.2, 0.25) is 5.91 Å². The van der Waals surface area contributed by atoms with Crippen LogP contribution in [0.15, 0.2) is 48.8 Å². The van der Waals surface area contributed by atoms with E-state index in [-0.39, 0.29) is 6.42 Å². The maximum atomic E-state index is 13.0. The molecule has 3 N–H and O–H groups in total. The van der Waals surface area contributed by atoms with Gasteiger partial charge >= 0.3 is 5.97 Å². The third-order valence-corrected chi connectivity index (χ3v) is 5.25. The number of amides is 2. The first-order valence-corrected chi connectivity index (χ1v) is 10.7. The first kappa shape index (κ1) is 23.8. The summed E-state index contributed by atoms with van der Waals surface area (Å²) in [4.78, 5) is 45.3. The molecule has 33 heavy (non-hydrogen) atoms. The predicted octanol–water partition coefficient (Wildman–Crippen LogP) is 2.37. The number of carbonyl (C=O) groups is 3. The minimum atomic E-state index is -0.903. The molecule has 0 aliphatic carbocycles. The zero-order valence-electron chi connectivity index (χ0n) is 18.9. The SMILES string of the molecule is CCC[C@H](NC(=O)c1cc2c(OC)cccc2[nH]1)C(=O)N[C@@H](Cc1cccnc1)C(=O)OC. The Bertz CT molecular complexity index is 1110. The molecule has 9 heteroatoms. The fraction of sp³-hybridized carbons (Fsp3) is 0.333. The van der Waals surface area contributed by atoms with Gasteiger partial charge in [-0.15, -0.1) is 0 Å². The molecule has 0 bridgehead atoms. The van der Waals surface area contributed by atoms with Gasteiger partial charge in [0.05, 0.1) is 14.2 Å². The van der Waals surface area contributed by atoms with E-state index in [4.69, 9.17) is 9.47 Å². The summed E-state index contributed by atoms with van der Waals surface area (Å²) >= 11 is 0. The minimum absolute atomic E-state index is 0.223. The molecule has 9 nitrogen and oxygen atoms in total. The van der Waals surface area contributed by atoms with E-state index >= 15 is 0 Å². The van der Waals surface area contributed by atoms with Gasteiger partial charge < -0.3 is 25.1 Å². The Kier molecular flexibility index (Phi) is 8.01. The first-order valence-electron chi connectivity index (χ1n) is 10.7. The van der Waals surface area contributed by atoms with Crippen LogP contribution in [0.5, 0.6) is 5.75 Å². The minimum Gasteiger partial charge on any atom is -0.496 e. The Morgan fingerprint density at radius 3 is 2.58 bits per heavy atom. The molecule has 2 aromatic heterocycles. The average molecular weight is 453 g/mol. The van der Waals surface area contributed by atoms with Crippen LogP contribution in [0, 0.1) is 0 Å². The highest BCUT2D eigenvalue weighted by atomic mass is 16.5. The molecule has 0 aliphatic rings. The van der Waals surface area contributed by atoms with Gasteiger partial charge in [-0.2, -0.15) is 0 Å². The lowest BCUT2D eigenvalue weighted by Crippen LogP contribution is -2.52. The number of aromatic nitrogens is 2. The molecule has 0 spiro atoms. The van der Waals surface area contributed by atoms with Crippen LogP contribution in [0.2, 0.25) is 0 Å². The highest BCUT2D eigenvalue weighted by Gasteiger charge is 2.28. The number of ether oxygens (including phenoxy) is 2. The zero-order valence-corrected chi connectivity index (χ0v) is 18.9. The molecule has 0 saturated carbocycles. The second kappa shape index (κ2) is 11.1. The van der Waals surface area contributed by atoms with Crippen molar-refractivity contribution in [1.82, 2.24) is 20.6 Å². The van der Waals surface area contributed by atoms with Crippen LogP contribution in [0.25, 0.3) is 10.9 Å². The molecule has 2 amide bonds. The normalized spacial score (nSPS) is 12.6. The van der Waals surface area contributed by atoms with Crippen molar-refractivity contribution in [3.63, 3.8) is 0 Å². The topological polar surface area (TPSA) is 122 Å². The highest BCUT2D eigenvalue weighted by molar-refractivity contribution is 6.01. The molecular formula is C24H28N4O5. The lowest BCUT2D eigenvalue weighted by molar-refractivity contribution is -0.145. The highest BCUT2D eigenvalue weighted by Crippen LogP contribution is 2.26. The van der Waals surface area contributed by atoms with Crippen molar-refractivity contribution in [2.24, 2.45) is 0 Å². The van der Waals surface area contributed by atoms with Crippen LogP contribution < -0.4 is 15.4 Å². The molecule has 174 valence electrons. The molecule has 1 aromatic carbocycles. The van der Waals surface area contributed by atoms with Gasteiger partial charge in [0.1, 0.15) is 23.5 Å². The van der Waals surface area contributed by atoms with Crippen LogP contribution in [0.1, 0.15) is 35.8 Å². The Balaban J connectivity index is 1.74. The monoisotopic (exact) mass is 452 g/mol. The van der Waals surface area contributed by atoms with E-state index in [1.807, 2.05) is 25.1 Å². The standard InChI is InChI=1S/C24H28N4O5/c1-4-7-18(22(29)28-20(24(31)33-3)12-15-8-6-11-25-14-15)27-23(30)19-13-16-17(26-19)9-5-10-21(16)32-2/h5-6,8-11,13-14,18,20,26H,4,7,12H2,1-3H3,(H,27,30)(H,28,29)/t18-,20-/m0/s1. The summed E-state index contributed by atoms with van der Waals surface area (Å²) in [6.45, 7) is 1.91. The van der Waals surface area contributed by atoms with Crippen molar-refractivity contribution in [3.8, 4) is 5.75 Å². The van der Waals surface area contributed by atoms with E-state index in [0.29, 0.717) is 24.3 Å². The van der Waals surface area contributed by atoms with E-state index in [9.17, 15) is 14.4 Å². The van der Waals surface area contributed by atoms with E-state index in [1.165, 1.54) is 7.11 Å². The molecule has 0 radical (unpaired) electrons. The summed E-state index contributed by atoms with van der Waals surface area (Å²) in [6.07, 6.45) is 4.53. The molecule has 2 heterocycles. The lowest BCUT2D eigenvalue weighted by atomic mass is 10.1. The predicted molar refractivity (Wildman–Crippen MR) is 123 cm³/mol. The number of pyridine rings is 1. The van der Waals surface area contributed by atoms with Crippen LogP contribution >= 0.6 is 0 Å². The first-order chi connectivity index (χ1) is 16.0. The third-order valence-electron chi connectivity index (χ3n) is 5.25. The largest absolute Gasteiger partial charge is 0.496 e. The number of aromatic amines is 1. The van der Waals surface area contributed by atoms with Crippen molar-refractivity contribution >= 4 is 28.7 Å². The summed E-state index contributed by atoms with van der Waals surface area (Å²) in [6, 6.07) is 8.99. The molecule has 3 rings (SSSR count). The maximum Gasteiger partial charge on any atom is 0.328 e. The van der Waals surface area contributed by atoms with Crippen LogP contribution in [0.4, 0.5) is 0 Å². The second-order valence-corrected chi connectivity index (χ2v) is 7.57. The van der Waals surface area contributed by atoms with E-state index in [1.54, 1.807) is 37.7 Å². The Hall–Kier alpha value is -3.88. The summed E-state index contributed by atoms with van der Waals surface area (Å²) in [5, 5.41) is 6.26. The number of methoxy groups -OCH3 is 2. The van der Waals surface area contributed by atoms with Crippen molar-refractivity contribution in [3.05, 3.63) is 60.0 Å². The quantitative estimate of drug-likeness (QED) is 0.406. The van der Waals surface area contributed by atoms with Gasteiger partial charge in [-0.05, 0) is 36.2 Å². The Morgan fingerprint density at radius 1 is 1.09 bits per heavy atom. The van der Waals surface area contributed by atoms with Crippen molar-refractivity contribution in [1.29, 1.82) is 0 Å². The Labute approximate surface area is 191 Å². The van der Waals surface area contributed by atoms with Crippen LogP contribution in [-0.2, 0) is 20.7 Å². The van der Waals surface area contributed by atoms with Gasteiger partial charge in [-0.25, -0.2) is 4.79 Å². The number of H-pyrrole nitrogens is 1. The van der Waals surface area contributed by atoms with Gasteiger partial charge in [0, 0.05) is 29.7 Å². The van der Waals surface area contributed by atoms with Gasteiger partial charge in [-0.3, -0.25) is 14.6 Å². The third kappa shape index (κ3) is 5.88. The number of esters is 1. The number of rotatable bonds is 10. The van der Waals surface area contributed by atoms with Gasteiger partial charge in [-0.1, -0.05) is 25.5 Å². The van der Waals surface area contributed by atoms with Gasteiger partial charge in [0.25, 0.3) is 5.91 Å². The Morgan fingerprint density at radius 2 is 1.91 bits per heavy atom. The number of benzene rings is 1. The molecule has 2 atom stereocenters. The van der Waals surface area contributed by atoms with Crippen molar-refractivity contribution in [2.45, 2.75) is 38.3 Å². The number of fused-ring (bicyclic) bond motifs is 1. The average Bonchev–Trinajstić information content (AvgIpc) is 3.28. The second-order valence-electron chi connectivity index (χ2n) is 7.57. The fourth-order valence-corrected chi connectivity index (χ4v) is 3.58. The number of hydrogen-bond acceptors (Lipinski definition) is 6. The smallest absolute Gasteiger partial charge is 0.328 e. The van der Waals surface area contributed by atoms with Crippen LogP contribution in [-0.4, -0.2) is 54.1 Å². The molecule has 0 unspecified atom stereocenters. The molecule has 0 saturated heterocycles. The number of carbonyl (C=O) groups excluding carboxylic acids is 3. The van der Waals surface area contributed by atoms with Crippen molar-refractivity contribution < 1.29 is 23.9 Å². The maximum absolute atomic E-state index is 13.0. The molecule has 0 aliphatic heterocycles. The zero-order chi connectivity index (χ0) is 23.8. The molecule has 3 aromatic rings. The fourth-order valence-electron chi connectivity index (χ4n) is 3.58. The summed E-state index contributed by atoms with van der Waals surface area (Å²) in [7, 11) is 2.83. The molecular weight excluding hydrogens is 424 g/mol. The summed E-state index contributed by atoms with van der Waals surface area (Å²) in [5.41, 5.74) is 1.83. The summed E-state index contributed by atoms with van der Waals surface area (Å²) < 4.78 is 10.2. The van der Waals surface area contributed by atoms with Gasteiger partial charge in [0.15, 0.2) is 0 Å². The van der Waals surface area contributed by atoms with Crippen molar-refractivity contribution in [2.75, 3.05) is 14.2 Å². The molecule has 0 fully saturated rings.